The Hall–Kier alpha value is -0.870. The molecule has 0 aromatic rings. The van der Waals surface area contributed by atoms with Gasteiger partial charge in [0.1, 0.15) is 0 Å². The summed E-state index contributed by atoms with van der Waals surface area (Å²) in [4.78, 5) is 14.0. The molecule has 1 aliphatic carbocycles. The van der Waals surface area contributed by atoms with Crippen LogP contribution in [0.1, 0.15) is 32.1 Å². The van der Waals surface area contributed by atoms with Crippen molar-refractivity contribution in [3.8, 4) is 0 Å². The van der Waals surface area contributed by atoms with Gasteiger partial charge in [-0.25, -0.2) is 0 Å². The number of carbonyl (C=O) groups is 1. The standard InChI is InChI=1S/C13H20N2O2/c14-12-6-10(9-3-4-9)7-15(13(12)16)11-2-1-5-17-8-11/h7,9,11-12H,1-6,8,14H2. The van der Waals surface area contributed by atoms with Crippen molar-refractivity contribution in [3.63, 3.8) is 0 Å². The maximum absolute atomic E-state index is 12.1. The summed E-state index contributed by atoms with van der Waals surface area (Å²) in [6, 6.07) is -0.131. The number of hydrogen-bond donors (Lipinski definition) is 1. The number of ether oxygens (including phenoxy) is 1. The summed E-state index contributed by atoms with van der Waals surface area (Å²) in [6.45, 7) is 1.48. The monoisotopic (exact) mass is 236 g/mol. The SMILES string of the molecule is NC1CC(C2CC2)=CN(C2CCCOC2)C1=O. The van der Waals surface area contributed by atoms with E-state index in [9.17, 15) is 4.79 Å². The Kier molecular flexibility index (Phi) is 2.92. The predicted octanol–water partition coefficient (Wildman–Crippen LogP) is 1.02. The number of amides is 1. The van der Waals surface area contributed by atoms with E-state index < -0.39 is 0 Å². The van der Waals surface area contributed by atoms with Gasteiger partial charge in [0.15, 0.2) is 0 Å². The minimum Gasteiger partial charge on any atom is -0.379 e. The van der Waals surface area contributed by atoms with Gasteiger partial charge in [-0.05, 0) is 43.6 Å². The van der Waals surface area contributed by atoms with Gasteiger partial charge < -0.3 is 15.4 Å². The molecule has 2 fully saturated rings. The van der Waals surface area contributed by atoms with Crippen molar-refractivity contribution in [2.24, 2.45) is 11.7 Å². The molecule has 0 aromatic carbocycles. The molecule has 0 bridgehead atoms. The van der Waals surface area contributed by atoms with E-state index in [1.807, 2.05) is 4.90 Å². The molecule has 3 rings (SSSR count). The molecule has 17 heavy (non-hydrogen) atoms. The highest BCUT2D eigenvalue weighted by atomic mass is 16.5. The second-order valence-electron chi connectivity index (χ2n) is 5.41. The van der Waals surface area contributed by atoms with Crippen molar-refractivity contribution >= 4 is 5.91 Å². The van der Waals surface area contributed by atoms with Crippen LogP contribution in [0, 0.1) is 5.92 Å². The minimum absolute atomic E-state index is 0.0740. The third-order valence-electron chi connectivity index (χ3n) is 3.96. The molecule has 0 spiro atoms. The second kappa shape index (κ2) is 4.42. The van der Waals surface area contributed by atoms with Crippen LogP contribution >= 0.6 is 0 Å². The van der Waals surface area contributed by atoms with E-state index in [0.29, 0.717) is 12.5 Å². The largest absolute Gasteiger partial charge is 0.379 e. The smallest absolute Gasteiger partial charge is 0.244 e. The average molecular weight is 236 g/mol. The van der Waals surface area contributed by atoms with Crippen molar-refractivity contribution in [2.45, 2.75) is 44.2 Å². The molecule has 4 nitrogen and oxygen atoms in total. The Labute approximate surface area is 102 Å². The van der Waals surface area contributed by atoms with E-state index >= 15 is 0 Å². The summed E-state index contributed by atoms with van der Waals surface area (Å²) in [5.41, 5.74) is 7.34. The topological polar surface area (TPSA) is 55.6 Å². The van der Waals surface area contributed by atoms with Crippen LogP contribution in [0.5, 0.6) is 0 Å². The molecule has 2 unspecified atom stereocenters. The van der Waals surface area contributed by atoms with E-state index in [1.54, 1.807) is 0 Å². The van der Waals surface area contributed by atoms with Crippen LogP contribution in [0.25, 0.3) is 0 Å². The fourth-order valence-corrected chi connectivity index (χ4v) is 2.78. The zero-order chi connectivity index (χ0) is 11.8. The lowest BCUT2D eigenvalue weighted by molar-refractivity contribution is -0.135. The highest BCUT2D eigenvalue weighted by molar-refractivity contribution is 5.84. The summed E-state index contributed by atoms with van der Waals surface area (Å²) in [7, 11) is 0. The van der Waals surface area contributed by atoms with E-state index in [1.165, 1.54) is 18.4 Å². The molecule has 4 heteroatoms. The van der Waals surface area contributed by atoms with Crippen LogP contribution in [-0.4, -0.2) is 36.1 Å². The zero-order valence-electron chi connectivity index (χ0n) is 10.1. The van der Waals surface area contributed by atoms with Gasteiger partial charge in [-0.15, -0.1) is 0 Å². The first kappa shape index (κ1) is 11.2. The van der Waals surface area contributed by atoms with Crippen LogP contribution in [0.15, 0.2) is 11.8 Å². The molecule has 1 saturated heterocycles. The summed E-state index contributed by atoms with van der Waals surface area (Å²) >= 11 is 0. The highest BCUT2D eigenvalue weighted by Gasteiger charge is 2.36. The lowest BCUT2D eigenvalue weighted by Crippen LogP contribution is -2.51. The van der Waals surface area contributed by atoms with Gasteiger partial charge in [0.25, 0.3) is 0 Å². The van der Waals surface area contributed by atoms with E-state index in [-0.39, 0.29) is 18.0 Å². The number of carbonyl (C=O) groups excluding carboxylic acids is 1. The fraction of sp³-hybridized carbons (Fsp3) is 0.769. The van der Waals surface area contributed by atoms with Crippen molar-refractivity contribution < 1.29 is 9.53 Å². The van der Waals surface area contributed by atoms with Crippen molar-refractivity contribution in [1.29, 1.82) is 0 Å². The molecule has 2 atom stereocenters. The van der Waals surface area contributed by atoms with Crippen molar-refractivity contribution in [2.75, 3.05) is 13.2 Å². The molecule has 94 valence electrons. The summed E-state index contributed by atoms with van der Waals surface area (Å²) in [5.74, 6) is 0.769. The number of nitrogens with two attached hydrogens (primary N) is 1. The Morgan fingerprint density at radius 2 is 2.18 bits per heavy atom. The average Bonchev–Trinajstić information content (AvgIpc) is 3.18. The highest BCUT2D eigenvalue weighted by Crippen LogP contribution is 2.40. The predicted molar refractivity (Wildman–Crippen MR) is 64.1 cm³/mol. The zero-order valence-corrected chi connectivity index (χ0v) is 10.1. The molecule has 2 aliphatic heterocycles. The van der Waals surface area contributed by atoms with E-state index in [2.05, 4.69) is 6.20 Å². The van der Waals surface area contributed by atoms with Crippen LogP contribution < -0.4 is 5.73 Å². The van der Waals surface area contributed by atoms with E-state index in [0.717, 1.165) is 25.9 Å². The number of nitrogens with zero attached hydrogens (tertiary/aromatic N) is 1. The quantitative estimate of drug-likeness (QED) is 0.778. The molecule has 3 aliphatic rings. The van der Waals surface area contributed by atoms with Gasteiger partial charge in [-0.2, -0.15) is 0 Å². The minimum atomic E-state index is -0.336. The van der Waals surface area contributed by atoms with Crippen LogP contribution in [0.3, 0.4) is 0 Å². The third kappa shape index (κ3) is 2.24. The van der Waals surface area contributed by atoms with Gasteiger partial charge in [0.05, 0.1) is 18.7 Å². The lowest BCUT2D eigenvalue weighted by Gasteiger charge is -2.37. The van der Waals surface area contributed by atoms with Gasteiger partial charge in [0.2, 0.25) is 5.91 Å². The first-order chi connectivity index (χ1) is 8.25. The normalized spacial score (nSPS) is 34.8. The Morgan fingerprint density at radius 3 is 2.82 bits per heavy atom. The molecule has 2 N–H and O–H groups in total. The van der Waals surface area contributed by atoms with Crippen LogP contribution in [0.4, 0.5) is 0 Å². The number of rotatable bonds is 2. The van der Waals surface area contributed by atoms with Gasteiger partial charge >= 0.3 is 0 Å². The molecule has 0 aromatic heterocycles. The fourth-order valence-electron chi connectivity index (χ4n) is 2.78. The Balaban J connectivity index is 1.79. The molecular formula is C13H20N2O2. The lowest BCUT2D eigenvalue weighted by atomic mass is 9.96. The van der Waals surface area contributed by atoms with Crippen molar-refractivity contribution in [1.82, 2.24) is 4.90 Å². The molecule has 1 amide bonds. The first-order valence-corrected chi connectivity index (χ1v) is 6.62. The summed E-state index contributed by atoms with van der Waals surface area (Å²) in [5, 5.41) is 0. The third-order valence-corrected chi connectivity index (χ3v) is 3.96. The summed E-state index contributed by atoms with van der Waals surface area (Å²) < 4.78 is 5.47. The van der Waals surface area contributed by atoms with Crippen LogP contribution in [-0.2, 0) is 9.53 Å². The first-order valence-electron chi connectivity index (χ1n) is 6.62. The second-order valence-corrected chi connectivity index (χ2v) is 5.41. The van der Waals surface area contributed by atoms with Gasteiger partial charge in [-0.3, -0.25) is 4.79 Å². The molecule has 0 radical (unpaired) electrons. The molecular weight excluding hydrogens is 216 g/mol. The Bertz CT molecular complexity index is 343. The summed E-state index contributed by atoms with van der Waals surface area (Å²) in [6.07, 6.45) is 7.43. The number of hydrogen-bond acceptors (Lipinski definition) is 3. The van der Waals surface area contributed by atoms with Gasteiger partial charge in [-0.1, -0.05) is 0 Å². The van der Waals surface area contributed by atoms with Crippen LogP contribution in [0.2, 0.25) is 0 Å². The molecule has 2 heterocycles. The maximum atomic E-state index is 12.1. The van der Waals surface area contributed by atoms with Gasteiger partial charge in [0, 0.05) is 12.8 Å². The van der Waals surface area contributed by atoms with Crippen molar-refractivity contribution in [3.05, 3.63) is 11.8 Å². The maximum Gasteiger partial charge on any atom is 0.244 e. The van der Waals surface area contributed by atoms with E-state index in [4.69, 9.17) is 10.5 Å². The molecule has 1 saturated carbocycles. The Morgan fingerprint density at radius 1 is 1.35 bits per heavy atom.